The number of nitrogens with zero attached hydrogens (tertiary/aromatic N) is 2. The van der Waals surface area contributed by atoms with Gasteiger partial charge in [-0.05, 0) is 52.9 Å². The van der Waals surface area contributed by atoms with E-state index in [4.69, 9.17) is 5.26 Å². The molecule has 92 valence electrons. The second-order valence-electron chi connectivity index (χ2n) is 4.02. The summed E-state index contributed by atoms with van der Waals surface area (Å²) in [4.78, 5) is 7.82. The highest BCUT2D eigenvalue weighted by atomic mass is 127. The lowest BCUT2D eigenvalue weighted by molar-refractivity contribution is 1.32. The maximum atomic E-state index is 9.10. The molecule has 5 heteroatoms. The van der Waals surface area contributed by atoms with Crippen molar-refractivity contribution in [2.45, 2.75) is 0 Å². The van der Waals surface area contributed by atoms with E-state index in [1.807, 2.05) is 30.3 Å². The van der Waals surface area contributed by atoms with Crippen LogP contribution in [0.2, 0.25) is 0 Å². The minimum atomic E-state index is 0.588. The number of halogens is 2. The quantitative estimate of drug-likeness (QED) is 0.587. The first-order chi connectivity index (χ1) is 9.19. The van der Waals surface area contributed by atoms with Crippen molar-refractivity contribution in [3.05, 3.63) is 50.0 Å². The largest absolute Gasteiger partial charge is 0.338 e. The van der Waals surface area contributed by atoms with Gasteiger partial charge in [-0.15, -0.1) is 0 Å². The van der Waals surface area contributed by atoms with Crippen molar-refractivity contribution < 1.29 is 0 Å². The SMILES string of the molecule is N#Cc1cccc2[nH]c(-c3cc(Br)ccc3I)nc12. The smallest absolute Gasteiger partial charge is 0.139 e. The van der Waals surface area contributed by atoms with Crippen LogP contribution in [0.5, 0.6) is 0 Å². The van der Waals surface area contributed by atoms with Crippen molar-refractivity contribution in [3.8, 4) is 17.5 Å². The van der Waals surface area contributed by atoms with Gasteiger partial charge in [0.05, 0.1) is 11.1 Å². The van der Waals surface area contributed by atoms with Gasteiger partial charge in [0.1, 0.15) is 17.4 Å². The summed E-state index contributed by atoms with van der Waals surface area (Å²) >= 11 is 5.75. The lowest BCUT2D eigenvalue weighted by Crippen LogP contribution is -1.85. The molecule has 1 N–H and O–H groups in total. The van der Waals surface area contributed by atoms with Crippen molar-refractivity contribution in [3.63, 3.8) is 0 Å². The molecule has 1 heterocycles. The molecule has 19 heavy (non-hydrogen) atoms. The molecule has 0 atom stereocenters. The molecule has 0 radical (unpaired) electrons. The maximum absolute atomic E-state index is 9.10. The van der Waals surface area contributed by atoms with E-state index in [1.54, 1.807) is 6.07 Å². The molecule has 3 rings (SSSR count). The molecule has 0 saturated carbocycles. The molecule has 0 saturated heterocycles. The van der Waals surface area contributed by atoms with E-state index in [2.05, 4.69) is 54.6 Å². The first-order valence-corrected chi connectivity index (χ1v) is 7.40. The van der Waals surface area contributed by atoms with E-state index in [9.17, 15) is 0 Å². The molecule has 0 fully saturated rings. The van der Waals surface area contributed by atoms with Crippen molar-refractivity contribution in [1.29, 1.82) is 5.26 Å². The number of rotatable bonds is 1. The van der Waals surface area contributed by atoms with E-state index in [0.29, 0.717) is 5.56 Å². The summed E-state index contributed by atoms with van der Waals surface area (Å²) in [6.07, 6.45) is 0. The second-order valence-corrected chi connectivity index (χ2v) is 6.10. The van der Waals surface area contributed by atoms with E-state index in [-0.39, 0.29) is 0 Å². The van der Waals surface area contributed by atoms with Gasteiger partial charge in [0, 0.05) is 13.6 Å². The molecular formula is C14H7BrIN3. The van der Waals surface area contributed by atoms with Gasteiger partial charge in [0.15, 0.2) is 0 Å². The Balaban J connectivity index is 2.27. The Labute approximate surface area is 131 Å². The highest BCUT2D eigenvalue weighted by Gasteiger charge is 2.11. The molecule has 0 unspecified atom stereocenters. The molecule has 0 amide bonds. The minimum absolute atomic E-state index is 0.588. The number of para-hydroxylation sites is 1. The number of fused-ring (bicyclic) bond motifs is 1. The number of imidazole rings is 1. The Morgan fingerprint density at radius 2 is 2.11 bits per heavy atom. The topological polar surface area (TPSA) is 52.5 Å². The number of benzene rings is 2. The number of hydrogen-bond donors (Lipinski definition) is 1. The number of nitriles is 1. The summed E-state index contributed by atoms with van der Waals surface area (Å²) in [6.45, 7) is 0. The summed E-state index contributed by atoms with van der Waals surface area (Å²) in [7, 11) is 0. The van der Waals surface area contributed by atoms with Gasteiger partial charge in [-0.3, -0.25) is 0 Å². The van der Waals surface area contributed by atoms with Crippen molar-refractivity contribution >= 4 is 49.6 Å². The van der Waals surface area contributed by atoms with Gasteiger partial charge in [0.2, 0.25) is 0 Å². The Bertz CT molecular complexity index is 817. The first-order valence-electron chi connectivity index (χ1n) is 5.53. The average molecular weight is 424 g/mol. The van der Waals surface area contributed by atoms with E-state index >= 15 is 0 Å². The molecule has 0 spiro atoms. The molecule has 3 nitrogen and oxygen atoms in total. The summed E-state index contributed by atoms with van der Waals surface area (Å²) < 4.78 is 2.11. The summed E-state index contributed by atoms with van der Waals surface area (Å²) in [5.74, 6) is 0.781. The summed E-state index contributed by atoms with van der Waals surface area (Å²) in [6, 6.07) is 13.8. The summed E-state index contributed by atoms with van der Waals surface area (Å²) in [5, 5.41) is 9.10. The molecule has 0 aliphatic heterocycles. The fraction of sp³-hybridized carbons (Fsp3) is 0. The van der Waals surface area contributed by atoms with Gasteiger partial charge in [-0.1, -0.05) is 22.0 Å². The first kappa shape index (κ1) is 12.6. The zero-order valence-corrected chi connectivity index (χ0v) is 13.4. The number of aromatic nitrogens is 2. The monoisotopic (exact) mass is 423 g/mol. The van der Waals surface area contributed by atoms with E-state index < -0.39 is 0 Å². The number of aromatic amines is 1. The Morgan fingerprint density at radius 3 is 2.89 bits per heavy atom. The molecule has 1 aromatic heterocycles. The van der Waals surface area contributed by atoms with Crippen LogP contribution in [0.4, 0.5) is 0 Å². The van der Waals surface area contributed by atoms with Crippen molar-refractivity contribution in [1.82, 2.24) is 9.97 Å². The van der Waals surface area contributed by atoms with Gasteiger partial charge in [0.25, 0.3) is 0 Å². The maximum Gasteiger partial charge on any atom is 0.139 e. The fourth-order valence-corrected chi connectivity index (χ4v) is 2.88. The molecule has 2 aromatic carbocycles. The predicted octanol–water partition coefficient (Wildman–Crippen LogP) is 4.47. The standard InChI is InChI=1S/C14H7BrIN3/c15-9-4-5-11(16)10(6-9)14-18-12-3-1-2-8(7-17)13(12)19-14/h1-6H,(H,18,19). The number of nitrogens with one attached hydrogen (secondary N) is 1. The van der Waals surface area contributed by atoms with Crippen LogP contribution in [-0.2, 0) is 0 Å². The van der Waals surface area contributed by atoms with Gasteiger partial charge in [-0.2, -0.15) is 5.26 Å². The van der Waals surface area contributed by atoms with Gasteiger partial charge in [-0.25, -0.2) is 4.98 Å². The van der Waals surface area contributed by atoms with Gasteiger partial charge >= 0.3 is 0 Å². The highest BCUT2D eigenvalue weighted by molar-refractivity contribution is 14.1. The Morgan fingerprint density at radius 1 is 1.26 bits per heavy atom. The lowest BCUT2D eigenvalue weighted by Gasteiger charge is -2.01. The Kier molecular flexibility index (Phi) is 3.29. The molecule has 0 aliphatic rings. The normalized spacial score (nSPS) is 10.6. The zero-order valence-electron chi connectivity index (χ0n) is 9.61. The van der Waals surface area contributed by atoms with Crippen LogP contribution in [0.1, 0.15) is 5.56 Å². The fourth-order valence-electron chi connectivity index (χ4n) is 1.93. The lowest BCUT2D eigenvalue weighted by atomic mass is 10.2. The molecule has 3 aromatic rings. The van der Waals surface area contributed by atoms with Crippen molar-refractivity contribution in [2.75, 3.05) is 0 Å². The van der Waals surface area contributed by atoms with Crippen LogP contribution >= 0.6 is 38.5 Å². The minimum Gasteiger partial charge on any atom is -0.338 e. The van der Waals surface area contributed by atoms with Crippen LogP contribution in [0.25, 0.3) is 22.4 Å². The highest BCUT2D eigenvalue weighted by Crippen LogP contribution is 2.28. The van der Waals surface area contributed by atoms with Crippen LogP contribution in [0, 0.1) is 14.9 Å². The second kappa shape index (κ2) is 4.94. The van der Waals surface area contributed by atoms with Crippen LogP contribution in [0.15, 0.2) is 40.9 Å². The van der Waals surface area contributed by atoms with Crippen LogP contribution in [-0.4, -0.2) is 9.97 Å². The van der Waals surface area contributed by atoms with Gasteiger partial charge < -0.3 is 4.98 Å². The zero-order chi connectivity index (χ0) is 13.4. The van der Waals surface area contributed by atoms with Crippen molar-refractivity contribution in [2.24, 2.45) is 0 Å². The third kappa shape index (κ3) is 2.26. The molecule has 0 bridgehead atoms. The Hall–Kier alpha value is -1.39. The predicted molar refractivity (Wildman–Crippen MR) is 86.7 cm³/mol. The molecular weight excluding hydrogens is 417 g/mol. The van der Waals surface area contributed by atoms with E-state index in [1.165, 1.54) is 0 Å². The third-order valence-corrected chi connectivity index (χ3v) is 4.25. The average Bonchev–Trinajstić information content (AvgIpc) is 2.85. The third-order valence-electron chi connectivity index (χ3n) is 2.82. The van der Waals surface area contributed by atoms with Crippen LogP contribution in [0.3, 0.4) is 0 Å². The number of hydrogen-bond acceptors (Lipinski definition) is 2. The van der Waals surface area contributed by atoms with E-state index in [0.717, 1.165) is 30.5 Å². The number of H-pyrrole nitrogens is 1. The molecule has 0 aliphatic carbocycles. The van der Waals surface area contributed by atoms with Crippen LogP contribution < -0.4 is 0 Å². The summed E-state index contributed by atoms with van der Waals surface area (Å²) in [5.41, 5.74) is 3.21.